The summed E-state index contributed by atoms with van der Waals surface area (Å²) in [7, 11) is -5.10. The van der Waals surface area contributed by atoms with Crippen molar-refractivity contribution in [1.29, 1.82) is 0 Å². The van der Waals surface area contributed by atoms with Gasteiger partial charge in [-0.25, -0.2) is 9.55 Å². The van der Waals surface area contributed by atoms with Gasteiger partial charge < -0.3 is 51.4 Å². The van der Waals surface area contributed by atoms with E-state index in [-0.39, 0.29) is 24.7 Å². The average molecular weight is 807 g/mol. The van der Waals surface area contributed by atoms with Gasteiger partial charge in [-0.3, -0.25) is 33.3 Å². The van der Waals surface area contributed by atoms with Crippen LogP contribution in [-0.4, -0.2) is 114 Å². The van der Waals surface area contributed by atoms with Gasteiger partial charge in [0.1, 0.15) is 30.2 Å². The molecule has 0 bridgehead atoms. The first kappa shape index (κ1) is 45.7. The number of aromatic nitrogens is 2. The first-order valence-corrected chi connectivity index (χ1v) is 20.1. The molecule has 0 saturated carbocycles. The molecule has 1 aromatic carbocycles. The predicted molar refractivity (Wildman–Crippen MR) is 202 cm³/mol. The Labute approximate surface area is 325 Å². The number of likely N-dealkylation sites (tertiary alicyclic amines) is 1. The van der Waals surface area contributed by atoms with Gasteiger partial charge in [-0.05, 0) is 56.9 Å². The normalized spacial score (nSPS) is 17.0. The van der Waals surface area contributed by atoms with E-state index < -0.39 is 80.3 Å². The van der Waals surface area contributed by atoms with Gasteiger partial charge in [-0.2, -0.15) is 0 Å². The summed E-state index contributed by atoms with van der Waals surface area (Å²) in [6.07, 6.45) is 5.09. The summed E-state index contributed by atoms with van der Waals surface area (Å²) >= 11 is 0. The van der Waals surface area contributed by atoms with Crippen molar-refractivity contribution in [1.82, 2.24) is 35.7 Å². The van der Waals surface area contributed by atoms with Gasteiger partial charge >= 0.3 is 7.82 Å². The van der Waals surface area contributed by atoms with Gasteiger partial charge in [0.05, 0.1) is 19.0 Å². The molecule has 6 atom stereocenters. The molecule has 3 rings (SSSR count). The molecule has 310 valence electrons. The van der Waals surface area contributed by atoms with Gasteiger partial charge in [-0.15, -0.1) is 0 Å². The molecule has 6 amide bonds. The molecule has 2 aromatic rings. The van der Waals surface area contributed by atoms with E-state index in [9.17, 15) is 38.4 Å². The number of phosphoric acid groups is 1. The predicted octanol–water partition coefficient (Wildman–Crippen LogP) is -0.580. The number of nitrogens with zero attached hydrogens (tertiary/aromatic N) is 3. The second-order valence-electron chi connectivity index (χ2n) is 14.3. The molecule has 20 heteroatoms. The molecule has 0 radical (unpaired) electrons. The standard InChI is InChI=1S/C36H55N8O11P/c1-22(2)17-27(40-36(51)30-14-10-16-44(30)24(4)46)33(48)39-28(18-26-19-38-21-43(26)15-9-8-13-25-11-6-5-7-12-25)34(49)41-29(20-45)35(50)42-31(32(37)47)23(3)55-56(52,53)54/h5-7,11-12,19,21-23,27-31,45H,8-10,13-18,20H2,1-4H3,(H2,37,47)(H,39,48)(H,40,51)(H,41,49)(H,42,50)(H2,52,53,54)/t23-,27+,28+,29+,30?,31+/m1/s1. The molecule has 1 aromatic heterocycles. The lowest BCUT2D eigenvalue weighted by Gasteiger charge is -2.28. The van der Waals surface area contributed by atoms with Crippen LogP contribution in [0.2, 0.25) is 0 Å². The second kappa shape index (κ2) is 21.6. The quantitative estimate of drug-likeness (QED) is 0.0548. The van der Waals surface area contributed by atoms with Crippen LogP contribution in [0.25, 0.3) is 0 Å². The molecule has 9 N–H and O–H groups in total. The maximum Gasteiger partial charge on any atom is 0.469 e. The molecule has 19 nitrogen and oxygen atoms in total. The highest BCUT2D eigenvalue weighted by atomic mass is 31.2. The number of hydrogen-bond donors (Lipinski definition) is 8. The number of carbonyl (C=O) groups is 6. The van der Waals surface area contributed by atoms with Gasteiger partial charge in [0.2, 0.25) is 35.4 Å². The number of benzene rings is 1. The van der Waals surface area contributed by atoms with Crippen LogP contribution in [0.4, 0.5) is 0 Å². The van der Waals surface area contributed by atoms with E-state index in [4.69, 9.17) is 15.5 Å². The van der Waals surface area contributed by atoms with E-state index in [1.165, 1.54) is 23.6 Å². The Kier molecular flexibility index (Phi) is 17.6. The van der Waals surface area contributed by atoms with Crippen LogP contribution in [0.15, 0.2) is 42.9 Å². The number of aliphatic hydroxyl groups excluding tert-OH is 1. The summed E-state index contributed by atoms with van der Waals surface area (Å²) in [6.45, 7) is 6.10. The van der Waals surface area contributed by atoms with E-state index in [0.717, 1.165) is 26.2 Å². The van der Waals surface area contributed by atoms with Crippen LogP contribution in [0.1, 0.15) is 71.1 Å². The van der Waals surface area contributed by atoms with Crippen molar-refractivity contribution in [2.45, 2.75) is 115 Å². The average Bonchev–Trinajstić information content (AvgIpc) is 3.80. The fraction of sp³-hybridized carbons (Fsp3) is 0.583. The zero-order chi connectivity index (χ0) is 41.6. The number of primary amides is 1. The molecule has 1 aliphatic heterocycles. The summed E-state index contributed by atoms with van der Waals surface area (Å²) < 4.78 is 17.7. The van der Waals surface area contributed by atoms with E-state index >= 15 is 0 Å². The third kappa shape index (κ3) is 14.4. The SMILES string of the molecule is CC(=O)N1CCCC1C(=O)N[C@@H](CC(C)C)C(=O)N[C@@H](Cc1cncn1CCCCc1ccccc1)C(=O)N[C@@H](CO)C(=O)N[C@H](C(N)=O)[C@@H](C)OP(=O)(O)O. The molecule has 2 heterocycles. The fourth-order valence-electron chi connectivity index (χ4n) is 6.47. The highest BCUT2D eigenvalue weighted by Crippen LogP contribution is 2.38. The molecule has 1 unspecified atom stereocenters. The number of nitrogens with one attached hydrogen (secondary N) is 4. The van der Waals surface area contributed by atoms with Gasteiger partial charge in [0, 0.05) is 38.3 Å². The molecular weight excluding hydrogens is 751 g/mol. The lowest BCUT2D eigenvalue weighted by Crippen LogP contribution is -2.61. The third-order valence-corrected chi connectivity index (χ3v) is 9.90. The Balaban J connectivity index is 1.84. The Bertz CT molecular complexity index is 1700. The van der Waals surface area contributed by atoms with Crippen molar-refractivity contribution in [3.8, 4) is 0 Å². The fourth-order valence-corrected chi connectivity index (χ4v) is 7.03. The molecule has 1 saturated heterocycles. The number of rotatable bonds is 22. The highest BCUT2D eigenvalue weighted by Gasteiger charge is 2.37. The Hall–Kier alpha value is -4.68. The largest absolute Gasteiger partial charge is 0.469 e. The summed E-state index contributed by atoms with van der Waals surface area (Å²) in [6, 6.07) is 3.22. The summed E-state index contributed by atoms with van der Waals surface area (Å²) in [5.74, 6) is -4.85. The number of carbonyl (C=O) groups excluding carboxylic acids is 6. The molecule has 56 heavy (non-hydrogen) atoms. The molecule has 1 fully saturated rings. The number of imidazole rings is 1. The first-order valence-electron chi connectivity index (χ1n) is 18.6. The number of aliphatic hydroxyl groups is 1. The lowest BCUT2D eigenvalue weighted by atomic mass is 10.0. The summed E-state index contributed by atoms with van der Waals surface area (Å²) in [5, 5.41) is 20.1. The molecule has 0 spiro atoms. The minimum absolute atomic E-state index is 0.0826. The Morgan fingerprint density at radius 3 is 2.20 bits per heavy atom. The minimum atomic E-state index is -5.10. The van der Waals surface area contributed by atoms with Gasteiger partial charge in [0.15, 0.2) is 0 Å². The number of aryl methyl sites for hydroxylation is 2. The minimum Gasteiger partial charge on any atom is -0.394 e. The van der Waals surface area contributed by atoms with Crippen molar-refractivity contribution in [3.05, 3.63) is 54.1 Å². The molecule has 1 aliphatic rings. The van der Waals surface area contributed by atoms with Crippen molar-refractivity contribution < 1.29 is 52.7 Å². The second-order valence-corrected chi connectivity index (χ2v) is 15.5. The van der Waals surface area contributed by atoms with E-state index in [1.54, 1.807) is 6.33 Å². The monoisotopic (exact) mass is 806 g/mol. The Morgan fingerprint density at radius 2 is 1.59 bits per heavy atom. The van der Waals surface area contributed by atoms with Crippen molar-refractivity contribution >= 4 is 43.3 Å². The van der Waals surface area contributed by atoms with Gasteiger partial charge in [0.25, 0.3) is 0 Å². The zero-order valence-electron chi connectivity index (χ0n) is 32.1. The number of unbranched alkanes of at least 4 members (excludes halogenated alkanes) is 1. The van der Waals surface area contributed by atoms with E-state index in [1.807, 2.05) is 48.7 Å². The number of amides is 6. The van der Waals surface area contributed by atoms with Crippen LogP contribution in [0.5, 0.6) is 0 Å². The zero-order valence-corrected chi connectivity index (χ0v) is 33.0. The van der Waals surface area contributed by atoms with E-state index in [2.05, 4.69) is 30.8 Å². The van der Waals surface area contributed by atoms with Crippen LogP contribution in [-0.2, 0) is 57.2 Å². The van der Waals surface area contributed by atoms with Crippen LogP contribution in [0, 0.1) is 5.92 Å². The molecule has 0 aliphatic carbocycles. The number of hydrogen-bond acceptors (Lipinski definition) is 10. The maximum absolute atomic E-state index is 14.0. The van der Waals surface area contributed by atoms with Crippen LogP contribution < -0.4 is 27.0 Å². The highest BCUT2D eigenvalue weighted by molar-refractivity contribution is 7.46. The number of phosphoric ester groups is 1. The van der Waals surface area contributed by atoms with Gasteiger partial charge in [-0.1, -0.05) is 44.2 Å². The topological polar surface area (TPSA) is 285 Å². The van der Waals surface area contributed by atoms with E-state index in [0.29, 0.717) is 31.6 Å². The lowest BCUT2D eigenvalue weighted by molar-refractivity contribution is -0.139. The summed E-state index contributed by atoms with van der Waals surface area (Å²) in [5.41, 5.74) is 7.08. The van der Waals surface area contributed by atoms with Crippen LogP contribution >= 0.6 is 7.82 Å². The summed E-state index contributed by atoms with van der Waals surface area (Å²) in [4.78, 5) is 103. The smallest absolute Gasteiger partial charge is 0.394 e. The van der Waals surface area contributed by atoms with Crippen molar-refractivity contribution in [2.24, 2.45) is 11.7 Å². The van der Waals surface area contributed by atoms with Crippen molar-refractivity contribution in [3.63, 3.8) is 0 Å². The third-order valence-electron chi connectivity index (χ3n) is 9.29. The Morgan fingerprint density at radius 1 is 0.946 bits per heavy atom. The first-order chi connectivity index (χ1) is 26.4. The molecular formula is C36H55N8O11P. The van der Waals surface area contributed by atoms with Crippen molar-refractivity contribution in [2.75, 3.05) is 13.2 Å². The maximum atomic E-state index is 14.0. The number of nitrogens with two attached hydrogens (primary N) is 1. The van der Waals surface area contributed by atoms with Crippen LogP contribution in [0.3, 0.4) is 0 Å².